The number of carbonyl (C=O) groups is 1. The van der Waals surface area contributed by atoms with Crippen molar-refractivity contribution in [3.8, 4) is 0 Å². The molecule has 1 unspecified atom stereocenters. The van der Waals surface area contributed by atoms with Gasteiger partial charge in [-0.2, -0.15) is 0 Å². The van der Waals surface area contributed by atoms with Gasteiger partial charge in [0.2, 0.25) is 5.91 Å². The highest BCUT2D eigenvalue weighted by Crippen LogP contribution is 2.33. The molecule has 3 rings (SSSR count). The minimum Gasteiger partial charge on any atom is -0.393 e. The van der Waals surface area contributed by atoms with E-state index in [2.05, 4.69) is 12.2 Å². The van der Waals surface area contributed by atoms with Gasteiger partial charge in [-0.25, -0.2) is 0 Å². The molecular formula is C27H43NO7. The summed E-state index contributed by atoms with van der Waals surface area (Å²) in [7, 11) is 0. The lowest BCUT2D eigenvalue weighted by molar-refractivity contribution is -0.337. The molecule has 0 aliphatic carbocycles. The predicted molar refractivity (Wildman–Crippen MR) is 131 cm³/mol. The third-order valence-corrected chi connectivity index (χ3v) is 6.85. The standard InChI is InChI=1S/C27H43NO7/c1-2-3-4-5-6-7-8-9-13-16-20(29)17-22(30)28-23-24(31)25-21(34-26(23)32)18-33-27(35-25)19-14-11-10-12-15-19/h10-12,14-15,20-21,23-27,29,31-32H,2-9,13,16-18H2,1H3,(H,28,30)/t20-,21+,23+,24+,25+,26-,27?/m0/s1. The Balaban J connectivity index is 1.37. The normalized spacial score (nSPS) is 29.4. The molecule has 2 heterocycles. The Morgan fingerprint density at radius 3 is 2.34 bits per heavy atom. The molecule has 8 heteroatoms. The maximum absolute atomic E-state index is 12.5. The maximum atomic E-state index is 12.5. The number of nitrogens with one attached hydrogen (secondary N) is 1. The van der Waals surface area contributed by atoms with Crippen LogP contribution in [0.1, 0.15) is 89.4 Å². The number of hydrogen-bond acceptors (Lipinski definition) is 7. The molecule has 0 saturated carbocycles. The fourth-order valence-electron chi connectivity index (χ4n) is 4.79. The zero-order chi connectivity index (χ0) is 25.0. The van der Waals surface area contributed by atoms with E-state index >= 15 is 0 Å². The summed E-state index contributed by atoms with van der Waals surface area (Å²) in [5.41, 5.74) is 0.810. The smallest absolute Gasteiger partial charge is 0.223 e. The highest BCUT2D eigenvalue weighted by molar-refractivity contribution is 5.76. The molecule has 8 nitrogen and oxygen atoms in total. The second kappa shape index (κ2) is 14.9. The van der Waals surface area contributed by atoms with E-state index in [9.17, 15) is 20.1 Å². The average molecular weight is 494 g/mol. The van der Waals surface area contributed by atoms with Gasteiger partial charge in [0, 0.05) is 5.56 Å². The molecular weight excluding hydrogens is 450 g/mol. The first kappa shape index (κ1) is 28.0. The maximum Gasteiger partial charge on any atom is 0.223 e. The summed E-state index contributed by atoms with van der Waals surface area (Å²) in [4.78, 5) is 12.5. The number of carbonyl (C=O) groups excluding carboxylic acids is 1. The third kappa shape index (κ3) is 8.81. The molecule has 2 saturated heterocycles. The van der Waals surface area contributed by atoms with Gasteiger partial charge in [-0.05, 0) is 6.42 Å². The summed E-state index contributed by atoms with van der Waals surface area (Å²) in [5, 5.41) is 34.1. The van der Waals surface area contributed by atoms with Gasteiger partial charge in [-0.1, -0.05) is 95.0 Å². The van der Waals surface area contributed by atoms with Crippen molar-refractivity contribution < 1.29 is 34.3 Å². The lowest BCUT2D eigenvalue weighted by Crippen LogP contribution is -2.66. The molecule has 2 fully saturated rings. The molecule has 1 aromatic carbocycles. The van der Waals surface area contributed by atoms with Crippen LogP contribution in [-0.4, -0.2) is 64.6 Å². The molecule has 0 aromatic heterocycles. The van der Waals surface area contributed by atoms with E-state index in [1.807, 2.05) is 30.3 Å². The van der Waals surface area contributed by atoms with E-state index in [1.54, 1.807) is 0 Å². The Hall–Kier alpha value is -1.55. The minimum atomic E-state index is -1.40. The van der Waals surface area contributed by atoms with Crippen LogP contribution >= 0.6 is 0 Å². The number of hydrogen-bond donors (Lipinski definition) is 4. The van der Waals surface area contributed by atoms with Gasteiger partial charge in [0.05, 0.1) is 19.1 Å². The molecule has 1 amide bonds. The molecule has 198 valence electrons. The van der Waals surface area contributed by atoms with Crippen LogP contribution in [-0.2, 0) is 19.0 Å². The molecule has 1 aromatic rings. The number of ether oxygens (including phenoxy) is 3. The molecule has 7 atom stereocenters. The number of fused-ring (bicyclic) bond motifs is 1. The van der Waals surface area contributed by atoms with E-state index in [0.717, 1.165) is 24.8 Å². The third-order valence-electron chi connectivity index (χ3n) is 6.85. The first-order valence-electron chi connectivity index (χ1n) is 13.3. The second-order valence-electron chi connectivity index (χ2n) is 9.80. The minimum absolute atomic E-state index is 0.0857. The largest absolute Gasteiger partial charge is 0.393 e. The van der Waals surface area contributed by atoms with Crippen molar-refractivity contribution >= 4 is 5.91 Å². The Morgan fingerprint density at radius 1 is 1.00 bits per heavy atom. The van der Waals surface area contributed by atoms with E-state index in [1.165, 1.54) is 38.5 Å². The zero-order valence-corrected chi connectivity index (χ0v) is 20.9. The van der Waals surface area contributed by atoms with Crippen LogP contribution in [0.3, 0.4) is 0 Å². The molecule has 35 heavy (non-hydrogen) atoms. The van der Waals surface area contributed by atoms with Gasteiger partial charge in [-0.15, -0.1) is 0 Å². The van der Waals surface area contributed by atoms with Crippen molar-refractivity contribution in [2.24, 2.45) is 0 Å². The van der Waals surface area contributed by atoms with Crippen molar-refractivity contribution in [2.45, 2.75) is 121 Å². The van der Waals surface area contributed by atoms with Crippen molar-refractivity contribution in [1.82, 2.24) is 5.32 Å². The Morgan fingerprint density at radius 2 is 1.66 bits per heavy atom. The average Bonchev–Trinajstić information content (AvgIpc) is 2.86. The second-order valence-corrected chi connectivity index (χ2v) is 9.80. The number of benzene rings is 1. The number of amides is 1. The summed E-state index contributed by atoms with van der Waals surface area (Å²) in [6, 6.07) is 8.30. The van der Waals surface area contributed by atoms with Crippen LogP contribution in [0.2, 0.25) is 0 Å². The summed E-state index contributed by atoms with van der Waals surface area (Å²) >= 11 is 0. The Kier molecular flexibility index (Phi) is 11.9. The first-order valence-corrected chi connectivity index (χ1v) is 13.3. The number of aliphatic hydroxyl groups excluding tert-OH is 3. The van der Waals surface area contributed by atoms with Crippen molar-refractivity contribution in [2.75, 3.05) is 6.61 Å². The van der Waals surface area contributed by atoms with Gasteiger partial charge in [0.1, 0.15) is 24.4 Å². The van der Waals surface area contributed by atoms with E-state index in [4.69, 9.17) is 14.2 Å². The van der Waals surface area contributed by atoms with Gasteiger partial charge in [-0.3, -0.25) is 4.79 Å². The number of unbranched alkanes of at least 4 members (excludes halogenated alkanes) is 8. The van der Waals surface area contributed by atoms with Crippen LogP contribution in [0.4, 0.5) is 0 Å². The van der Waals surface area contributed by atoms with E-state index in [0.29, 0.717) is 6.42 Å². The first-order chi connectivity index (χ1) is 17.0. The van der Waals surface area contributed by atoms with Gasteiger partial charge in [0.25, 0.3) is 0 Å². The highest BCUT2D eigenvalue weighted by atomic mass is 16.7. The van der Waals surface area contributed by atoms with E-state index in [-0.39, 0.29) is 13.0 Å². The highest BCUT2D eigenvalue weighted by Gasteiger charge is 2.49. The fraction of sp³-hybridized carbons (Fsp3) is 0.741. The van der Waals surface area contributed by atoms with Crippen LogP contribution in [0, 0.1) is 0 Å². The van der Waals surface area contributed by atoms with Crippen LogP contribution in [0.25, 0.3) is 0 Å². The van der Waals surface area contributed by atoms with Crippen LogP contribution < -0.4 is 5.32 Å². The van der Waals surface area contributed by atoms with E-state index < -0.39 is 48.9 Å². The Labute approximate surface area is 209 Å². The van der Waals surface area contributed by atoms with Gasteiger partial charge < -0.3 is 34.8 Å². The van der Waals surface area contributed by atoms with Gasteiger partial charge in [0.15, 0.2) is 12.6 Å². The lowest BCUT2D eigenvalue weighted by atomic mass is 9.95. The summed E-state index contributed by atoms with van der Waals surface area (Å²) in [6.07, 6.45) is 5.79. The molecule has 0 spiro atoms. The molecule has 4 N–H and O–H groups in total. The van der Waals surface area contributed by atoms with Crippen LogP contribution in [0.5, 0.6) is 0 Å². The van der Waals surface area contributed by atoms with Crippen molar-refractivity contribution in [3.05, 3.63) is 35.9 Å². The molecule has 0 bridgehead atoms. The van der Waals surface area contributed by atoms with Crippen LogP contribution in [0.15, 0.2) is 30.3 Å². The monoisotopic (exact) mass is 493 g/mol. The Bertz CT molecular complexity index is 733. The van der Waals surface area contributed by atoms with Crippen molar-refractivity contribution in [3.63, 3.8) is 0 Å². The van der Waals surface area contributed by atoms with Crippen molar-refractivity contribution in [1.29, 1.82) is 0 Å². The summed E-state index contributed by atoms with van der Waals surface area (Å²) in [6.45, 7) is 2.37. The number of rotatable bonds is 14. The quantitative estimate of drug-likeness (QED) is 0.294. The number of aliphatic hydroxyl groups is 3. The molecule has 2 aliphatic heterocycles. The van der Waals surface area contributed by atoms with Gasteiger partial charge >= 0.3 is 0 Å². The lowest BCUT2D eigenvalue weighted by Gasteiger charge is -2.46. The fourth-order valence-corrected chi connectivity index (χ4v) is 4.79. The summed E-state index contributed by atoms with van der Waals surface area (Å²) < 4.78 is 17.2. The topological polar surface area (TPSA) is 117 Å². The molecule has 0 radical (unpaired) electrons. The molecule has 2 aliphatic rings. The predicted octanol–water partition coefficient (Wildman–Crippen LogP) is 3.34. The summed E-state index contributed by atoms with van der Waals surface area (Å²) in [5.74, 6) is -0.440. The SMILES string of the molecule is CCCCCCCCCCC[C@H](O)CC(=O)N[C@@H]1[C@@H](O)[C@@H]2OC(c3ccccc3)OC[C@H]2O[C@@H]1O. The zero-order valence-electron chi connectivity index (χ0n) is 20.9.